The molecular weight excluding hydrogens is 471 g/mol. The average Bonchev–Trinajstić information content (AvgIpc) is 3.28. The van der Waals surface area contributed by atoms with Crippen LogP contribution in [0.5, 0.6) is 5.75 Å². The minimum Gasteiger partial charge on any atom is -0.482 e. The van der Waals surface area contributed by atoms with Crippen LogP contribution < -0.4 is 10.5 Å². The third-order valence-electron chi connectivity index (χ3n) is 5.80. The molecule has 1 aliphatic heterocycles. The largest absolute Gasteiger partial charge is 0.482 e. The molecule has 32 heavy (non-hydrogen) atoms. The first-order valence-electron chi connectivity index (χ1n) is 10.4. The Kier molecular flexibility index (Phi) is 7.21. The number of likely N-dealkylation sites (tertiary alicyclic amines) is 1. The summed E-state index contributed by atoms with van der Waals surface area (Å²) in [6.07, 6.45) is 8.04. The molecular formula is C22H25Cl2FN5OP. The number of nitrogens with zero attached hydrogens (tertiary/aromatic N) is 4. The van der Waals surface area contributed by atoms with Crippen molar-refractivity contribution < 1.29 is 9.13 Å². The molecule has 6 nitrogen and oxygen atoms in total. The Morgan fingerprint density at radius 3 is 2.72 bits per heavy atom. The summed E-state index contributed by atoms with van der Waals surface area (Å²) in [4.78, 5) is 6.69. The van der Waals surface area contributed by atoms with Gasteiger partial charge in [0, 0.05) is 53.5 Å². The number of pyridine rings is 1. The van der Waals surface area contributed by atoms with Crippen molar-refractivity contribution in [3.63, 3.8) is 0 Å². The summed E-state index contributed by atoms with van der Waals surface area (Å²) < 4.78 is 22.0. The molecule has 0 saturated carbocycles. The minimum absolute atomic E-state index is 0.0679. The lowest BCUT2D eigenvalue weighted by Gasteiger charge is -2.30. The molecule has 2 N–H and O–H groups in total. The zero-order valence-electron chi connectivity index (χ0n) is 17.6. The third kappa shape index (κ3) is 4.86. The first kappa shape index (κ1) is 23.2. The highest BCUT2D eigenvalue weighted by Crippen LogP contribution is 2.37. The molecule has 0 spiro atoms. The molecule has 3 heterocycles. The van der Waals surface area contributed by atoms with E-state index in [4.69, 9.17) is 33.7 Å². The predicted octanol–water partition coefficient (Wildman–Crippen LogP) is 5.58. The van der Waals surface area contributed by atoms with Crippen molar-refractivity contribution in [3.8, 4) is 16.9 Å². The number of hydrogen-bond acceptors (Lipinski definition) is 5. The summed E-state index contributed by atoms with van der Waals surface area (Å²) in [5.74, 6) is 0.0339. The van der Waals surface area contributed by atoms with E-state index >= 15 is 0 Å². The minimum atomic E-state index is -0.630. The summed E-state index contributed by atoms with van der Waals surface area (Å²) in [7, 11) is 2.78. The summed E-state index contributed by atoms with van der Waals surface area (Å²) in [5, 5.41) is 4.83. The second-order valence-corrected chi connectivity index (χ2v) is 9.02. The zero-order chi connectivity index (χ0) is 22.8. The number of anilines is 1. The summed E-state index contributed by atoms with van der Waals surface area (Å²) in [6, 6.07) is 4.86. The van der Waals surface area contributed by atoms with Crippen molar-refractivity contribution in [2.45, 2.75) is 31.9 Å². The van der Waals surface area contributed by atoms with E-state index in [0.29, 0.717) is 22.4 Å². The maximum atomic E-state index is 13.9. The number of nitrogens with two attached hydrogens (primary N) is 1. The van der Waals surface area contributed by atoms with E-state index in [1.807, 2.05) is 17.1 Å². The molecule has 2 atom stereocenters. The third-order valence-corrected chi connectivity index (χ3v) is 7.03. The zero-order valence-corrected chi connectivity index (χ0v) is 20.3. The molecule has 10 heteroatoms. The monoisotopic (exact) mass is 495 g/mol. The van der Waals surface area contributed by atoms with Gasteiger partial charge in [-0.25, -0.2) is 9.37 Å². The van der Waals surface area contributed by atoms with Gasteiger partial charge in [0.25, 0.3) is 0 Å². The lowest BCUT2D eigenvalue weighted by Crippen LogP contribution is -2.33. The molecule has 0 aliphatic carbocycles. The maximum absolute atomic E-state index is 13.9. The van der Waals surface area contributed by atoms with E-state index in [-0.39, 0.29) is 10.8 Å². The number of aromatic nitrogens is 3. The first-order valence-corrected chi connectivity index (χ1v) is 12.0. The van der Waals surface area contributed by atoms with Gasteiger partial charge in [-0.15, -0.1) is 9.24 Å². The van der Waals surface area contributed by atoms with E-state index in [0.717, 1.165) is 43.3 Å². The highest BCUT2D eigenvalue weighted by Gasteiger charge is 2.22. The molecule has 1 aromatic carbocycles. The van der Waals surface area contributed by atoms with Gasteiger partial charge in [0.2, 0.25) is 0 Å². The molecule has 1 aliphatic rings. The van der Waals surface area contributed by atoms with Crippen LogP contribution in [0.2, 0.25) is 10.0 Å². The molecule has 0 radical (unpaired) electrons. The number of rotatable bonds is 6. The van der Waals surface area contributed by atoms with Crippen molar-refractivity contribution in [3.05, 3.63) is 58.2 Å². The lowest BCUT2D eigenvalue weighted by atomic mass is 10.1. The van der Waals surface area contributed by atoms with Crippen molar-refractivity contribution in [1.29, 1.82) is 0 Å². The van der Waals surface area contributed by atoms with E-state index in [2.05, 4.69) is 24.2 Å². The van der Waals surface area contributed by atoms with Crippen LogP contribution in [0.15, 0.2) is 36.8 Å². The van der Waals surface area contributed by atoms with Gasteiger partial charge >= 0.3 is 0 Å². The van der Waals surface area contributed by atoms with E-state index in [1.165, 1.54) is 12.1 Å². The molecule has 0 bridgehead atoms. The van der Waals surface area contributed by atoms with Gasteiger partial charge in [0.1, 0.15) is 11.9 Å². The quantitative estimate of drug-likeness (QED) is 0.356. The van der Waals surface area contributed by atoms with E-state index < -0.39 is 11.9 Å². The van der Waals surface area contributed by atoms with Crippen molar-refractivity contribution in [2.75, 3.05) is 25.1 Å². The van der Waals surface area contributed by atoms with Gasteiger partial charge in [-0.3, -0.25) is 9.58 Å². The standard InChI is InChI=1S/C22H25Cl2FN5OP/c1-13(20-17(23)2-3-18(25)21(20)24)31-19-8-14(9-27-22(19)26)15-10-28-30(11-15)16-4-6-29(12-32)7-5-16/h2-3,8-11,13,16H,4-7,12,32H2,1H3,(H2,26,27)/t13-/m1/s1. The summed E-state index contributed by atoms with van der Waals surface area (Å²) >= 11 is 12.4. The van der Waals surface area contributed by atoms with Gasteiger partial charge in [-0.1, -0.05) is 23.2 Å². The first-order chi connectivity index (χ1) is 15.4. The fourth-order valence-electron chi connectivity index (χ4n) is 3.93. The molecule has 170 valence electrons. The van der Waals surface area contributed by atoms with Gasteiger partial charge in [-0.05, 0) is 38.0 Å². The fourth-order valence-corrected chi connectivity index (χ4v) is 4.97. The molecule has 3 aromatic rings. The lowest BCUT2D eigenvalue weighted by molar-refractivity contribution is 0.205. The number of halogens is 3. The van der Waals surface area contributed by atoms with Crippen LogP contribution in [0.1, 0.15) is 37.5 Å². The normalized spacial score (nSPS) is 16.3. The predicted molar refractivity (Wildman–Crippen MR) is 130 cm³/mol. The van der Waals surface area contributed by atoms with Crippen LogP contribution >= 0.6 is 32.4 Å². The van der Waals surface area contributed by atoms with Crippen molar-refractivity contribution >= 4 is 38.3 Å². The summed E-state index contributed by atoms with van der Waals surface area (Å²) in [5.41, 5.74) is 8.16. The molecule has 1 fully saturated rings. The Balaban J connectivity index is 1.54. The molecule has 4 rings (SSSR count). The highest BCUT2D eigenvalue weighted by molar-refractivity contribution is 7.16. The highest BCUT2D eigenvalue weighted by atomic mass is 35.5. The van der Waals surface area contributed by atoms with Crippen LogP contribution in [-0.4, -0.2) is 39.0 Å². The molecule has 1 saturated heterocycles. The number of nitrogen functional groups attached to an aromatic ring is 1. The Hall–Kier alpha value is -1.92. The Bertz CT molecular complexity index is 1100. The van der Waals surface area contributed by atoms with Gasteiger partial charge in [-0.2, -0.15) is 5.10 Å². The Morgan fingerprint density at radius 2 is 2.00 bits per heavy atom. The van der Waals surface area contributed by atoms with Crippen molar-refractivity contribution in [2.24, 2.45) is 0 Å². The van der Waals surface area contributed by atoms with Crippen LogP contribution in [-0.2, 0) is 0 Å². The molecule has 2 aromatic heterocycles. The SMILES string of the molecule is C[C@@H](Oc1cc(-c2cnn(C3CCN(CP)CC3)c2)cnc1N)c1c(Cl)ccc(F)c1Cl. The topological polar surface area (TPSA) is 69.2 Å². The van der Waals surface area contributed by atoms with E-state index in [9.17, 15) is 4.39 Å². The smallest absolute Gasteiger partial charge is 0.166 e. The maximum Gasteiger partial charge on any atom is 0.166 e. The number of ether oxygens (including phenoxy) is 1. The number of hydrogen-bond donors (Lipinski definition) is 1. The van der Waals surface area contributed by atoms with Crippen molar-refractivity contribution in [1.82, 2.24) is 19.7 Å². The fraction of sp³-hybridized carbons (Fsp3) is 0.364. The second-order valence-electron chi connectivity index (χ2n) is 7.87. The number of benzene rings is 1. The van der Waals surface area contributed by atoms with Crippen LogP contribution in [0.25, 0.3) is 11.1 Å². The molecule has 0 amide bonds. The van der Waals surface area contributed by atoms with Gasteiger partial charge < -0.3 is 10.5 Å². The van der Waals surface area contributed by atoms with Crippen LogP contribution in [0.3, 0.4) is 0 Å². The average molecular weight is 496 g/mol. The summed E-state index contributed by atoms with van der Waals surface area (Å²) in [6.45, 7) is 3.86. The molecule has 1 unspecified atom stereocenters. The van der Waals surface area contributed by atoms with Gasteiger partial charge in [0.15, 0.2) is 11.6 Å². The van der Waals surface area contributed by atoms with E-state index in [1.54, 1.807) is 19.2 Å². The van der Waals surface area contributed by atoms with Gasteiger partial charge in [0.05, 0.1) is 17.3 Å². The van der Waals surface area contributed by atoms with Crippen LogP contribution in [0, 0.1) is 5.82 Å². The Morgan fingerprint density at radius 1 is 1.25 bits per heavy atom. The second kappa shape index (κ2) is 9.92. The van der Waals surface area contributed by atoms with Crippen LogP contribution in [0.4, 0.5) is 10.2 Å². The number of piperidine rings is 1. The Labute approximate surface area is 199 Å².